The Bertz CT molecular complexity index is 1100. The van der Waals surface area contributed by atoms with Crippen molar-refractivity contribution < 1.29 is 9.53 Å². The molecule has 0 saturated carbocycles. The molecular weight excluding hydrogens is 404 g/mol. The van der Waals surface area contributed by atoms with Crippen LogP contribution in [0.15, 0.2) is 49.2 Å². The van der Waals surface area contributed by atoms with E-state index in [1.807, 2.05) is 58.9 Å². The first-order valence-corrected chi connectivity index (χ1v) is 10.3. The molecule has 0 atom stereocenters. The van der Waals surface area contributed by atoms with E-state index in [0.29, 0.717) is 29.0 Å². The maximum absolute atomic E-state index is 11.8. The summed E-state index contributed by atoms with van der Waals surface area (Å²) in [7, 11) is 1.57. The van der Waals surface area contributed by atoms with Crippen molar-refractivity contribution in [1.82, 2.24) is 15.0 Å². The molecule has 2 aromatic heterocycles. The van der Waals surface area contributed by atoms with E-state index >= 15 is 0 Å². The second-order valence-corrected chi connectivity index (χ2v) is 6.76. The Hall–Kier alpha value is -3.94. The van der Waals surface area contributed by atoms with E-state index in [9.17, 15) is 4.79 Å². The Balaban J connectivity index is 0.00000176. The molecule has 0 radical (unpaired) electrons. The van der Waals surface area contributed by atoms with Crippen molar-refractivity contribution >= 4 is 34.7 Å². The first-order chi connectivity index (χ1) is 15.4. The molecule has 3 rings (SSSR count). The number of nitrogens with zero attached hydrogens (tertiary/aromatic N) is 3. The Morgan fingerprint density at radius 1 is 1.03 bits per heavy atom. The quantitative estimate of drug-likeness (QED) is 0.425. The summed E-state index contributed by atoms with van der Waals surface area (Å²) >= 11 is 0. The molecule has 0 bridgehead atoms. The Morgan fingerprint density at radius 2 is 1.78 bits per heavy atom. The number of aryl methyl sites for hydroxylation is 3. The van der Waals surface area contributed by atoms with Gasteiger partial charge in [-0.05, 0) is 50.6 Å². The van der Waals surface area contributed by atoms with Crippen LogP contribution in [0.5, 0.6) is 5.88 Å². The highest BCUT2D eigenvalue weighted by molar-refractivity contribution is 6.01. The smallest absolute Gasteiger partial charge is 0.247 e. The number of anilines is 5. The van der Waals surface area contributed by atoms with Crippen LogP contribution in [-0.2, 0) is 4.79 Å². The first kappa shape index (κ1) is 24.3. The van der Waals surface area contributed by atoms with Gasteiger partial charge in [0.1, 0.15) is 5.82 Å². The van der Waals surface area contributed by atoms with Gasteiger partial charge in [-0.3, -0.25) is 4.79 Å². The summed E-state index contributed by atoms with van der Waals surface area (Å²) in [6, 6.07) is 9.37. The van der Waals surface area contributed by atoms with Gasteiger partial charge < -0.3 is 20.7 Å². The second kappa shape index (κ2) is 11.5. The molecule has 32 heavy (non-hydrogen) atoms. The molecule has 0 unspecified atom stereocenters. The molecule has 8 nitrogen and oxygen atoms in total. The fourth-order valence-corrected chi connectivity index (χ4v) is 2.75. The summed E-state index contributed by atoms with van der Waals surface area (Å²) in [6.07, 6.45) is 2.95. The topological polar surface area (TPSA) is 101 Å². The lowest BCUT2D eigenvalue weighted by Gasteiger charge is -2.15. The summed E-state index contributed by atoms with van der Waals surface area (Å²) < 4.78 is 5.21. The monoisotopic (exact) mass is 434 g/mol. The lowest BCUT2D eigenvalue weighted by molar-refractivity contribution is -0.111. The zero-order chi connectivity index (χ0) is 23.7. The van der Waals surface area contributed by atoms with Crippen molar-refractivity contribution in [3.8, 4) is 5.88 Å². The largest absolute Gasteiger partial charge is 0.481 e. The summed E-state index contributed by atoms with van der Waals surface area (Å²) in [4.78, 5) is 25.0. The number of rotatable bonds is 7. The maximum Gasteiger partial charge on any atom is 0.247 e. The Labute approximate surface area is 189 Å². The number of carbonyl (C=O) groups is 1. The molecule has 0 fully saturated rings. The van der Waals surface area contributed by atoms with Crippen molar-refractivity contribution in [3.05, 3.63) is 66.0 Å². The molecule has 1 amide bonds. The van der Waals surface area contributed by atoms with Crippen molar-refractivity contribution in [3.63, 3.8) is 0 Å². The van der Waals surface area contributed by atoms with Crippen LogP contribution in [0.4, 0.5) is 28.8 Å². The fraction of sp³-hybridized carbons (Fsp3) is 0.250. The SMILES string of the molecule is C=CC(=O)Nc1cc(C)ccc1Nc1nc(Nc2cc(C)nc(OC)c2)ncc1C.CC. The van der Waals surface area contributed by atoms with Crippen LogP contribution in [0.2, 0.25) is 0 Å². The zero-order valence-corrected chi connectivity index (χ0v) is 19.4. The number of hydrogen-bond acceptors (Lipinski definition) is 7. The molecule has 1 aromatic carbocycles. The number of carbonyl (C=O) groups excluding carboxylic acids is 1. The molecule has 0 spiro atoms. The third-order valence-corrected chi connectivity index (χ3v) is 4.24. The molecular formula is C24H30N6O2. The Kier molecular flexibility index (Phi) is 8.71. The highest BCUT2D eigenvalue weighted by Gasteiger charge is 2.10. The van der Waals surface area contributed by atoms with E-state index in [-0.39, 0.29) is 5.91 Å². The molecule has 0 aliphatic heterocycles. The van der Waals surface area contributed by atoms with Gasteiger partial charge in [-0.2, -0.15) is 4.98 Å². The van der Waals surface area contributed by atoms with E-state index in [0.717, 1.165) is 22.5 Å². The average molecular weight is 435 g/mol. The minimum absolute atomic E-state index is 0.285. The van der Waals surface area contributed by atoms with Gasteiger partial charge in [0.05, 0.1) is 18.5 Å². The zero-order valence-electron chi connectivity index (χ0n) is 19.4. The Morgan fingerprint density at radius 3 is 2.47 bits per heavy atom. The molecule has 0 aliphatic rings. The van der Waals surface area contributed by atoms with Gasteiger partial charge in [-0.25, -0.2) is 9.97 Å². The van der Waals surface area contributed by atoms with Gasteiger partial charge in [-0.15, -0.1) is 0 Å². The van der Waals surface area contributed by atoms with E-state index in [4.69, 9.17) is 4.74 Å². The highest BCUT2D eigenvalue weighted by atomic mass is 16.5. The summed E-state index contributed by atoms with van der Waals surface area (Å²) in [5, 5.41) is 9.27. The van der Waals surface area contributed by atoms with Crippen molar-refractivity contribution in [2.45, 2.75) is 34.6 Å². The summed E-state index contributed by atoms with van der Waals surface area (Å²) in [5.41, 5.74) is 4.80. The molecule has 168 valence electrons. The molecule has 3 aromatic rings. The van der Waals surface area contributed by atoms with Gasteiger partial charge in [0.25, 0.3) is 0 Å². The first-order valence-electron chi connectivity index (χ1n) is 10.3. The van der Waals surface area contributed by atoms with Crippen molar-refractivity contribution in [2.24, 2.45) is 0 Å². The number of ether oxygens (including phenoxy) is 1. The average Bonchev–Trinajstić information content (AvgIpc) is 2.78. The third kappa shape index (κ3) is 6.53. The normalized spacial score (nSPS) is 9.81. The van der Waals surface area contributed by atoms with E-state index in [1.54, 1.807) is 19.4 Å². The number of nitrogens with one attached hydrogen (secondary N) is 3. The number of aromatic nitrogens is 3. The van der Waals surface area contributed by atoms with Gasteiger partial charge >= 0.3 is 0 Å². The van der Waals surface area contributed by atoms with Crippen molar-refractivity contribution in [1.29, 1.82) is 0 Å². The molecule has 3 N–H and O–H groups in total. The van der Waals surface area contributed by atoms with Gasteiger partial charge in [0.15, 0.2) is 0 Å². The summed E-state index contributed by atoms with van der Waals surface area (Å²) in [5.74, 6) is 1.25. The molecule has 2 heterocycles. The maximum atomic E-state index is 11.8. The number of amides is 1. The van der Waals surface area contributed by atoms with Crippen LogP contribution in [0.1, 0.15) is 30.7 Å². The lowest BCUT2D eigenvalue weighted by Crippen LogP contribution is -2.10. The lowest BCUT2D eigenvalue weighted by atomic mass is 10.2. The number of methoxy groups -OCH3 is 1. The minimum atomic E-state index is -0.285. The van der Waals surface area contributed by atoms with Crippen LogP contribution < -0.4 is 20.7 Å². The summed E-state index contributed by atoms with van der Waals surface area (Å²) in [6.45, 7) is 13.2. The standard InChI is InChI=1S/C22H24N6O2.C2H6/c1-6-19(29)26-18-9-13(2)7-8-17(18)27-21-14(3)12-23-22(28-21)25-16-10-15(4)24-20(11-16)30-5;1-2/h6-12H,1H2,2-5H3,(H,26,29)(H2,23,24,25,27,28);1-2H3. The van der Waals surface area contributed by atoms with E-state index < -0.39 is 0 Å². The number of hydrogen-bond donors (Lipinski definition) is 3. The minimum Gasteiger partial charge on any atom is -0.481 e. The predicted octanol–water partition coefficient (Wildman–Crippen LogP) is 5.44. The highest BCUT2D eigenvalue weighted by Crippen LogP contribution is 2.28. The van der Waals surface area contributed by atoms with Crippen LogP contribution in [-0.4, -0.2) is 28.0 Å². The van der Waals surface area contributed by atoms with Crippen LogP contribution in [0.25, 0.3) is 0 Å². The second-order valence-electron chi connectivity index (χ2n) is 6.76. The van der Waals surface area contributed by atoms with Gasteiger partial charge in [-0.1, -0.05) is 26.5 Å². The van der Waals surface area contributed by atoms with E-state index in [2.05, 4.69) is 37.5 Å². The number of pyridine rings is 1. The fourth-order valence-electron chi connectivity index (χ4n) is 2.75. The van der Waals surface area contributed by atoms with Crippen LogP contribution >= 0.6 is 0 Å². The third-order valence-electron chi connectivity index (χ3n) is 4.24. The van der Waals surface area contributed by atoms with Crippen LogP contribution in [0.3, 0.4) is 0 Å². The van der Waals surface area contributed by atoms with Crippen molar-refractivity contribution in [2.75, 3.05) is 23.1 Å². The van der Waals surface area contributed by atoms with Crippen LogP contribution in [0, 0.1) is 20.8 Å². The molecule has 0 aliphatic carbocycles. The molecule has 0 saturated heterocycles. The molecule has 8 heteroatoms. The van der Waals surface area contributed by atoms with Gasteiger partial charge in [0, 0.05) is 29.2 Å². The van der Waals surface area contributed by atoms with Gasteiger partial charge in [0.2, 0.25) is 17.7 Å². The number of benzene rings is 1. The van der Waals surface area contributed by atoms with E-state index in [1.165, 1.54) is 6.08 Å². The predicted molar refractivity (Wildman–Crippen MR) is 130 cm³/mol.